The molecule has 18 aromatic rings. The zero-order valence-corrected chi connectivity index (χ0v) is 46.7. The summed E-state index contributed by atoms with van der Waals surface area (Å²) in [7, 11) is 0. The largest absolute Gasteiger partial charge is 0.455 e. The molecule has 2 heteroatoms. The van der Waals surface area contributed by atoms with E-state index in [2.05, 4.69) is 297 Å². The third kappa shape index (κ3) is 7.33. The Bertz CT molecular complexity index is 5740. The first-order valence-electron chi connectivity index (χ1n) is 29.6. The second kappa shape index (κ2) is 19.1. The lowest BCUT2D eigenvalue weighted by molar-refractivity contribution is 0.670. The number of fused-ring (bicyclic) bond motifs is 12. The topological polar surface area (TPSA) is 26.3 Å². The molecule has 0 amide bonds. The van der Waals surface area contributed by atoms with Crippen LogP contribution in [0, 0.1) is 0 Å². The maximum Gasteiger partial charge on any atom is 0.143 e. The van der Waals surface area contributed by atoms with E-state index in [0.29, 0.717) is 0 Å². The zero-order valence-electron chi connectivity index (χ0n) is 46.7. The number of furan rings is 2. The van der Waals surface area contributed by atoms with E-state index in [9.17, 15) is 0 Å². The summed E-state index contributed by atoms with van der Waals surface area (Å²) in [5.74, 6) is 0. The molecule has 0 aliphatic heterocycles. The third-order valence-corrected chi connectivity index (χ3v) is 18.3. The predicted molar refractivity (Wildman–Crippen MR) is 364 cm³/mol. The van der Waals surface area contributed by atoms with E-state index in [0.717, 1.165) is 66.1 Å². The zero-order chi connectivity index (χ0) is 56.4. The molecular weight excluding hydrogens is 1040 g/mol. The summed E-state index contributed by atoms with van der Waals surface area (Å²) in [6.07, 6.45) is 0. The Labute approximate surface area is 495 Å². The van der Waals surface area contributed by atoms with Gasteiger partial charge < -0.3 is 8.83 Å². The predicted octanol–water partition coefficient (Wildman–Crippen LogP) is 24.1. The van der Waals surface area contributed by atoms with Crippen LogP contribution < -0.4 is 0 Å². The van der Waals surface area contributed by atoms with Crippen molar-refractivity contribution in [3.8, 4) is 77.9 Å². The fraction of sp³-hybridized carbons (Fsp3) is 0. The Morgan fingerprint density at radius 3 is 1.12 bits per heavy atom. The van der Waals surface area contributed by atoms with Crippen molar-refractivity contribution in [2.45, 2.75) is 0 Å². The fourth-order valence-corrected chi connectivity index (χ4v) is 14.5. The van der Waals surface area contributed by atoms with Crippen LogP contribution in [0.2, 0.25) is 0 Å². The van der Waals surface area contributed by atoms with Gasteiger partial charge in [0, 0.05) is 43.8 Å². The van der Waals surface area contributed by atoms with E-state index in [1.807, 2.05) is 6.07 Å². The highest BCUT2D eigenvalue weighted by Crippen LogP contribution is 2.51. The van der Waals surface area contributed by atoms with Gasteiger partial charge in [-0.3, -0.25) is 0 Å². The molecule has 398 valence electrons. The van der Waals surface area contributed by atoms with Crippen LogP contribution in [0.25, 0.3) is 186 Å². The van der Waals surface area contributed by atoms with Crippen LogP contribution in [0.15, 0.2) is 312 Å². The molecule has 0 unspecified atom stereocenters. The second-order valence-corrected chi connectivity index (χ2v) is 22.9. The molecular formula is C84H50O2. The van der Waals surface area contributed by atoms with Gasteiger partial charge in [0.25, 0.3) is 0 Å². The first-order chi connectivity index (χ1) is 42.7. The number of hydrogen-bond donors (Lipinski definition) is 0. The summed E-state index contributed by atoms with van der Waals surface area (Å²) < 4.78 is 13.8. The summed E-state index contributed by atoms with van der Waals surface area (Å²) in [4.78, 5) is 0. The van der Waals surface area contributed by atoms with E-state index in [1.54, 1.807) is 0 Å². The van der Waals surface area contributed by atoms with Crippen LogP contribution in [0.5, 0.6) is 0 Å². The first-order valence-corrected chi connectivity index (χ1v) is 29.6. The lowest BCUT2D eigenvalue weighted by atomic mass is 9.83. The van der Waals surface area contributed by atoms with Crippen molar-refractivity contribution in [3.63, 3.8) is 0 Å². The lowest BCUT2D eigenvalue weighted by Gasteiger charge is -2.20. The van der Waals surface area contributed by atoms with Gasteiger partial charge in [0.05, 0.1) is 0 Å². The average Bonchev–Trinajstić information content (AvgIpc) is 4.06. The molecule has 0 aliphatic carbocycles. The van der Waals surface area contributed by atoms with Gasteiger partial charge in [-0.15, -0.1) is 0 Å². The van der Waals surface area contributed by atoms with Crippen molar-refractivity contribution in [1.29, 1.82) is 0 Å². The number of para-hydroxylation sites is 3. The molecule has 0 atom stereocenters. The number of benzene rings is 16. The SMILES string of the molecule is c1ccc(-c2c3ccccc3c(-c3cccc4c3oc3ccc(-c5ccc6c(-c7ccccc7-c7c8ccccc8c(-c8cccc9c8oc8ccccc89)c8ccccc78)cccc6c5)cc34)c3ccccc23)c(-c2ccc3ccccc3c2)c1. The van der Waals surface area contributed by atoms with E-state index < -0.39 is 0 Å². The van der Waals surface area contributed by atoms with Gasteiger partial charge in [0.15, 0.2) is 0 Å². The minimum Gasteiger partial charge on any atom is -0.455 e. The van der Waals surface area contributed by atoms with E-state index in [1.165, 1.54) is 120 Å². The molecule has 16 aromatic carbocycles. The van der Waals surface area contributed by atoms with Crippen LogP contribution in [0.4, 0.5) is 0 Å². The summed E-state index contributed by atoms with van der Waals surface area (Å²) >= 11 is 0. The Kier molecular flexibility index (Phi) is 10.7. The van der Waals surface area contributed by atoms with Crippen LogP contribution in [0.1, 0.15) is 0 Å². The molecule has 0 fully saturated rings. The van der Waals surface area contributed by atoms with E-state index in [4.69, 9.17) is 8.83 Å². The van der Waals surface area contributed by atoms with Gasteiger partial charge in [-0.2, -0.15) is 0 Å². The second-order valence-electron chi connectivity index (χ2n) is 22.9. The smallest absolute Gasteiger partial charge is 0.143 e. The molecule has 0 N–H and O–H groups in total. The molecule has 0 spiro atoms. The van der Waals surface area contributed by atoms with Crippen LogP contribution in [-0.4, -0.2) is 0 Å². The monoisotopic (exact) mass is 1090 g/mol. The summed E-state index contributed by atoms with van der Waals surface area (Å²) in [5.41, 5.74) is 20.1. The maximum atomic E-state index is 7.04. The van der Waals surface area contributed by atoms with Crippen molar-refractivity contribution >= 4 is 109 Å². The van der Waals surface area contributed by atoms with E-state index in [-0.39, 0.29) is 0 Å². The molecule has 2 heterocycles. The van der Waals surface area contributed by atoms with Crippen molar-refractivity contribution in [2.24, 2.45) is 0 Å². The van der Waals surface area contributed by atoms with Crippen molar-refractivity contribution in [2.75, 3.05) is 0 Å². The Hall–Kier alpha value is -11.3. The standard InChI is InChI=1S/C84H50O2/c1-2-21-52-48-56(43-42-51(52)20-1)57-23-3-5-26-62(57)79-64-28-7-11-32-68(64)82(69-33-12-8-29-65(69)79)75-40-19-38-73-76-50-54(45-47-78(76)86-84(73)75)53-44-46-58-55(49-53)22-17-36-59(58)60-24-4-6-27-63(60)80-66-30-9-13-34-70(66)81(71-35-14-10-31-67(71)80)74-39-18-37-72-61-25-15-16-41-77(61)85-83(72)74/h1-50H. The third-order valence-electron chi connectivity index (χ3n) is 18.3. The van der Waals surface area contributed by atoms with Crippen molar-refractivity contribution < 1.29 is 8.83 Å². The minimum atomic E-state index is 0.866. The number of hydrogen-bond acceptors (Lipinski definition) is 2. The van der Waals surface area contributed by atoms with Gasteiger partial charge in [0.2, 0.25) is 0 Å². The minimum absolute atomic E-state index is 0.866. The molecule has 0 bridgehead atoms. The van der Waals surface area contributed by atoms with Crippen LogP contribution in [0.3, 0.4) is 0 Å². The summed E-state index contributed by atoms with van der Waals surface area (Å²) in [5, 5.41) is 18.9. The van der Waals surface area contributed by atoms with Crippen LogP contribution >= 0.6 is 0 Å². The lowest BCUT2D eigenvalue weighted by Crippen LogP contribution is -1.93. The van der Waals surface area contributed by atoms with E-state index >= 15 is 0 Å². The maximum absolute atomic E-state index is 7.04. The molecule has 0 radical (unpaired) electrons. The van der Waals surface area contributed by atoms with Crippen LogP contribution in [-0.2, 0) is 0 Å². The molecule has 18 rings (SSSR count). The first kappa shape index (κ1) is 48.2. The average molecular weight is 1090 g/mol. The molecule has 0 saturated heterocycles. The quantitative estimate of drug-likeness (QED) is 0.149. The molecule has 2 nitrogen and oxygen atoms in total. The molecule has 0 saturated carbocycles. The molecule has 86 heavy (non-hydrogen) atoms. The van der Waals surface area contributed by atoms with Crippen molar-refractivity contribution in [1.82, 2.24) is 0 Å². The highest BCUT2D eigenvalue weighted by Gasteiger charge is 2.25. The van der Waals surface area contributed by atoms with Gasteiger partial charge in [-0.25, -0.2) is 0 Å². The fourth-order valence-electron chi connectivity index (χ4n) is 14.5. The van der Waals surface area contributed by atoms with Gasteiger partial charge in [0.1, 0.15) is 22.3 Å². The Morgan fingerprint density at radius 2 is 0.523 bits per heavy atom. The Balaban J connectivity index is 0.750. The van der Waals surface area contributed by atoms with Gasteiger partial charge in [-0.05, 0) is 151 Å². The molecule has 2 aromatic heterocycles. The Morgan fingerprint density at radius 1 is 0.163 bits per heavy atom. The number of rotatable bonds is 7. The van der Waals surface area contributed by atoms with Gasteiger partial charge in [-0.1, -0.05) is 273 Å². The van der Waals surface area contributed by atoms with Crippen molar-refractivity contribution in [3.05, 3.63) is 303 Å². The highest BCUT2D eigenvalue weighted by molar-refractivity contribution is 6.27. The highest BCUT2D eigenvalue weighted by atomic mass is 16.3. The molecule has 0 aliphatic rings. The normalized spacial score (nSPS) is 12.0. The summed E-state index contributed by atoms with van der Waals surface area (Å²) in [6, 6.07) is 111. The summed E-state index contributed by atoms with van der Waals surface area (Å²) in [6.45, 7) is 0. The van der Waals surface area contributed by atoms with Gasteiger partial charge >= 0.3 is 0 Å².